The van der Waals surface area contributed by atoms with E-state index in [9.17, 15) is 9.90 Å². The number of nitrogens with zero attached hydrogens (tertiary/aromatic N) is 1. The highest BCUT2D eigenvalue weighted by atomic mass is 16.3. The summed E-state index contributed by atoms with van der Waals surface area (Å²) in [6.45, 7) is 4.88. The molecule has 0 radical (unpaired) electrons. The topological polar surface area (TPSA) is 87.7 Å². The molecule has 4 N–H and O–H groups in total. The zero-order chi connectivity index (χ0) is 17.8. The third kappa shape index (κ3) is 2.61. The number of aliphatic hydroxyl groups excluding tert-OH is 1. The normalized spacial score (nSPS) is 50.7. The van der Waals surface area contributed by atoms with Crippen molar-refractivity contribution in [2.75, 3.05) is 0 Å². The first-order chi connectivity index (χ1) is 11.8. The van der Waals surface area contributed by atoms with Gasteiger partial charge in [-0.2, -0.15) is 5.10 Å². The molecule has 0 saturated heterocycles. The first-order valence-corrected chi connectivity index (χ1v) is 10.1. The fourth-order valence-electron chi connectivity index (χ4n) is 7.33. The maximum Gasteiger partial charge on any atom is 0.332 e. The number of carbonyl (C=O) groups is 1. The molecule has 0 aromatic carbocycles. The smallest absolute Gasteiger partial charge is 0.332 e. The van der Waals surface area contributed by atoms with Crippen LogP contribution < -0.4 is 11.2 Å². The third-order valence-corrected chi connectivity index (χ3v) is 8.68. The molecule has 0 aromatic heterocycles. The minimum absolute atomic E-state index is 0.0754. The number of primary amides is 1. The molecule has 5 heteroatoms. The highest BCUT2D eigenvalue weighted by molar-refractivity contribution is 5.93. The Labute approximate surface area is 150 Å². The van der Waals surface area contributed by atoms with Gasteiger partial charge in [-0.3, -0.25) is 0 Å². The summed E-state index contributed by atoms with van der Waals surface area (Å²) < 4.78 is 0. The van der Waals surface area contributed by atoms with Gasteiger partial charge in [0, 0.05) is 11.1 Å². The second-order valence-electron chi connectivity index (χ2n) is 9.61. The largest absolute Gasteiger partial charge is 0.393 e. The molecule has 4 aliphatic rings. The van der Waals surface area contributed by atoms with Crippen LogP contribution in [0.25, 0.3) is 0 Å². The lowest BCUT2D eigenvalue weighted by atomic mass is 9.45. The van der Waals surface area contributed by atoms with E-state index >= 15 is 0 Å². The fraction of sp³-hybridized carbons (Fsp3) is 0.900. The highest BCUT2D eigenvalue weighted by Crippen LogP contribution is 2.65. The van der Waals surface area contributed by atoms with Crippen LogP contribution in [0.5, 0.6) is 0 Å². The Morgan fingerprint density at radius 3 is 2.72 bits per heavy atom. The predicted octanol–water partition coefficient (Wildman–Crippen LogP) is 3.41. The summed E-state index contributed by atoms with van der Waals surface area (Å²) >= 11 is 0. The predicted molar refractivity (Wildman–Crippen MR) is 97.9 cm³/mol. The summed E-state index contributed by atoms with van der Waals surface area (Å²) in [5.41, 5.74) is 9.38. The van der Waals surface area contributed by atoms with Crippen LogP contribution in [0.2, 0.25) is 0 Å². The number of nitrogens with two attached hydrogens (primary N) is 1. The number of urea groups is 1. The van der Waals surface area contributed by atoms with Gasteiger partial charge in [0.2, 0.25) is 0 Å². The second kappa shape index (κ2) is 5.97. The van der Waals surface area contributed by atoms with E-state index < -0.39 is 6.03 Å². The molecule has 7 atom stereocenters. The average Bonchev–Trinajstić information content (AvgIpc) is 2.90. The first-order valence-electron chi connectivity index (χ1n) is 10.1. The van der Waals surface area contributed by atoms with Crippen molar-refractivity contribution in [1.29, 1.82) is 0 Å². The Balaban J connectivity index is 1.58. The zero-order valence-corrected chi connectivity index (χ0v) is 15.6. The minimum Gasteiger partial charge on any atom is -0.393 e. The van der Waals surface area contributed by atoms with Gasteiger partial charge in [0.05, 0.1) is 6.10 Å². The molecule has 25 heavy (non-hydrogen) atoms. The van der Waals surface area contributed by atoms with Gasteiger partial charge in [-0.1, -0.05) is 13.8 Å². The Kier molecular flexibility index (Phi) is 4.13. The maximum atomic E-state index is 11.1. The molecule has 0 spiro atoms. The Bertz CT molecular complexity index is 591. The van der Waals surface area contributed by atoms with E-state index in [1.54, 1.807) is 0 Å². The van der Waals surface area contributed by atoms with Crippen LogP contribution in [0.15, 0.2) is 5.10 Å². The highest BCUT2D eigenvalue weighted by Gasteiger charge is 2.59. The van der Waals surface area contributed by atoms with E-state index in [-0.39, 0.29) is 11.5 Å². The summed E-state index contributed by atoms with van der Waals surface area (Å²) in [5, 5.41) is 14.5. The molecule has 0 bridgehead atoms. The van der Waals surface area contributed by atoms with Crippen molar-refractivity contribution in [2.45, 2.75) is 77.7 Å². The Morgan fingerprint density at radius 2 is 1.96 bits per heavy atom. The summed E-state index contributed by atoms with van der Waals surface area (Å²) in [5.74, 6) is 2.95. The summed E-state index contributed by atoms with van der Waals surface area (Å²) in [6.07, 6.45) is 10.3. The quantitative estimate of drug-likeness (QED) is 0.635. The number of hydrogen-bond donors (Lipinski definition) is 3. The van der Waals surface area contributed by atoms with E-state index in [4.69, 9.17) is 5.73 Å². The van der Waals surface area contributed by atoms with Gasteiger partial charge in [0.1, 0.15) is 0 Å². The molecule has 140 valence electrons. The molecule has 4 fully saturated rings. The standard InChI is InChI=1S/C20H33N3O2/c1-19-9-7-13(24)11-12(19)3-4-14-15-5-6-17(22-23-18(21)25)20(15,2)10-8-16(14)19/h12-16,24H,3-11H2,1-2H3,(H3,21,23,25)/b22-17+/t12-,13+,14-,15+,16-,19-,20-/m0/s1. The molecular formula is C20H33N3O2. The van der Waals surface area contributed by atoms with Crippen molar-refractivity contribution in [1.82, 2.24) is 5.43 Å². The second-order valence-corrected chi connectivity index (χ2v) is 9.61. The molecule has 0 heterocycles. The monoisotopic (exact) mass is 347 g/mol. The van der Waals surface area contributed by atoms with Gasteiger partial charge in [-0.05, 0) is 86.9 Å². The Morgan fingerprint density at radius 1 is 1.16 bits per heavy atom. The van der Waals surface area contributed by atoms with Gasteiger partial charge < -0.3 is 10.8 Å². The van der Waals surface area contributed by atoms with Crippen LogP contribution >= 0.6 is 0 Å². The van der Waals surface area contributed by atoms with Crippen molar-refractivity contribution in [2.24, 2.45) is 45.3 Å². The van der Waals surface area contributed by atoms with E-state index in [1.165, 1.54) is 38.5 Å². The van der Waals surface area contributed by atoms with Crippen LogP contribution in [-0.2, 0) is 0 Å². The van der Waals surface area contributed by atoms with Gasteiger partial charge in [-0.25, -0.2) is 10.2 Å². The number of carbonyl (C=O) groups excluding carboxylic acids is 1. The van der Waals surface area contributed by atoms with E-state index in [0.717, 1.165) is 36.8 Å². The maximum absolute atomic E-state index is 11.1. The average molecular weight is 348 g/mol. The summed E-state index contributed by atoms with van der Waals surface area (Å²) in [6, 6.07) is -0.568. The lowest BCUT2D eigenvalue weighted by molar-refractivity contribution is -0.113. The van der Waals surface area contributed by atoms with Crippen molar-refractivity contribution < 1.29 is 9.90 Å². The molecule has 0 aliphatic heterocycles. The van der Waals surface area contributed by atoms with Crippen LogP contribution in [0, 0.1) is 34.5 Å². The van der Waals surface area contributed by atoms with E-state index in [1.807, 2.05) is 0 Å². The summed E-state index contributed by atoms with van der Waals surface area (Å²) in [7, 11) is 0. The summed E-state index contributed by atoms with van der Waals surface area (Å²) in [4.78, 5) is 11.1. The third-order valence-electron chi connectivity index (χ3n) is 8.68. The number of nitrogens with one attached hydrogen (secondary N) is 1. The number of hydrogen-bond acceptors (Lipinski definition) is 3. The van der Waals surface area contributed by atoms with E-state index in [2.05, 4.69) is 24.4 Å². The SMILES string of the molecule is C[C@]12CC[C@@H](O)C[C@@H]1CC[C@H]1[C@H]3CC/C(=N\NC(N)=O)[C@@]3(C)CC[C@@H]12. The lowest BCUT2D eigenvalue weighted by Crippen LogP contribution is -2.54. The van der Waals surface area contributed by atoms with E-state index in [0.29, 0.717) is 17.3 Å². The first kappa shape index (κ1) is 17.3. The fourth-order valence-corrected chi connectivity index (χ4v) is 7.33. The van der Waals surface area contributed by atoms with Crippen LogP contribution in [0.3, 0.4) is 0 Å². The molecule has 0 unspecified atom stereocenters. The molecule has 2 amide bonds. The lowest BCUT2D eigenvalue weighted by Gasteiger charge is -2.60. The number of fused-ring (bicyclic) bond motifs is 5. The molecule has 4 rings (SSSR count). The van der Waals surface area contributed by atoms with Gasteiger partial charge in [0.25, 0.3) is 0 Å². The number of hydrazone groups is 1. The van der Waals surface area contributed by atoms with Crippen LogP contribution in [0.4, 0.5) is 4.79 Å². The number of rotatable bonds is 1. The Hall–Kier alpha value is -1.10. The van der Waals surface area contributed by atoms with Crippen LogP contribution in [0.1, 0.15) is 71.6 Å². The van der Waals surface area contributed by atoms with Crippen molar-refractivity contribution in [3.8, 4) is 0 Å². The number of aliphatic hydroxyl groups is 1. The molecular weight excluding hydrogens is 314 g/mol. The van der Waals surface area contributed by atoms with Crippen molar-refractivity contribution in [3.63, 3.8) is 0 Å². The molecule has 4 saturated carbocycles. The van der Waals surface area contributed by atoms with Gasteiger partial charge in [0.15, 0.2) is 0 Å². The number of amides is 2. The van der Waals surface area contributed by atoms with Gasteiger partial charge >= 0.3 is 6.03 Å². The molecule has 5 nitrogen and oxygen atoms in total. The molecule has 4 aliphatic carbocycles. The van der Waals surface area contributed by atoms with Gasteiger partial charge in [-0.15, -0.1) is 0 Å². The molecule has 0 aromatic rings. The van der Waals surface area contributed by atoms with Crippen molar-refractivity contribution in [3.05, 3.63) is 0 Å². The van der Waals surface area contributed by atoms with Crippen LogP contribution in [-0.4, -0.2) is 23.0 Å². The van der Waals surface area contributed by atoms with Crippen molar-refractivity contribution >= 4 is 11.7 Å². The minimum atomic E-state index is -0.568. The zero-order valence-electron chi connectivity index (χ0n) is 15.6.